The van der Waals surface area contributed by atoms with Crippen LogP contribution >= 0.6 is 11.3 Å². The van der Waals surface area contributed by atoms with Gasteiger partial charge in [-0.1, -0.05) is 38.1 Å². The van der Waals surface area contributed by atoms with Gasteiger partial charge in [-0.25, -0.2) is 32.2 Å². The molecule has 0 aliphatic carbocycles. The average Bonchev–Trinajstić information content (AvgIpc) is 4.30. The van der Waals surface area contributed by atoms with E-state index >= 15 is 4.39 Å². The lowest BCUT2D eigenvalue weighted by Gasteiger charge is -2.29. The Labute approximate surface area is 440 Å². The standard InChI is InChI=1S/C54H56F2N10O8S2/c1-29(2)44(51(68)65-17-10-11-40(65)48-61-53(70)54(4,62-48)34-14-12-31(13-15-34)47-30(3)60-28-75-47)42-22-43(63-74-42)73-18-9-7-8-16-57-50(67)36-21-41-37(19-32(36)27-76(6,71)72)38-26-64(5)52(69)46-45(38)33(23-58-46)25-66(41)49-39(56)20-35(55)24-59-49/h12-15,19-24,26,28-29,40,44,58H,7-11,16-18,25,27H2,1-6H3,(H,57,67)(H,61,62,70)/t40-,44+,54-/m1/s1. The zero-order valence-corrected chi connectivity index (χ0v) is 44.3. The fourth-order valence-corrected chi connectivity index (χ4v) is 12.1. The summed E-state index contributed by atoms with van der Waals surface area (Å²) >= 11 is 1.56. The maximum absolute atomic E-state index is 15.6. The van der Waals surface area contributed by atoms with Crippen molar-refractivity contribution in [2.24, 2.45) is 18.0 Å². The summed E-state index contributed by atoms with van der Waals surface area (Å²) in [6, 6.07) is 12.8. The Balaban J connectivity index is 0.777. The first kappa shape index (κ1) is 51.9. The summed E-state index contributed by atoms with van der Waals surface area (Å²) in [6.07, 6.45) is 8.27. The van der Waals surface area contributed by atoms with Crippen LogP contribution in [-0.2, 0) is 44.3 Å². The molecule has 396 valence electrons. The number of hydrogen-bond acceptors (Lipinski definition) is 14. The number of thiazole rings is 1. The summed E-state index contributed by atoms with van der Waals surface area (Å²) in [5.74, 6) is -3.36. The number of likely N-dealkylation sites (tertiary alicyclic amines) is 1. The summed E-state index contributed by atoms with van der Waals surface area (Å²) < 4.78 is 68.5. The molecule has 18 nitrogen and oxygen atoms in total. The third kappa shape index (κ3) is 9.90. The van der Waals surface area contributed by atoms with Crippen molar-refractivity contribution in [3.63, 3.8) is 0 Å². The Kier molecular flexibility index (Phi) is 14.0. The van der Waals surface area contributed by atoms with Crippen LogP contribution in [0.25, 0.3) is 32.5 Å². The van der Waals surface area contributed by atoms with Gasteiger partial charge in [0.25, 0.3) is 23.3 Å². The lowest BCUT2D eigenvalue weighted by atomic mass is 9.91. The van der Waals surface area contributed by atoms with Gasteiger partial charge in [-0.15, -0.1) is 11.3 Å². The number of nitrogens with zero attached hydrogens (tertiary/aromatic N) is 7. The quantitative estimate of drug-likeness (QED) is 0.0738. The van der Waals surface area contributed by atoms with Gasteiger partial charge >= 0.3 is 0 Å². The number of pyridine rings is 2. The zero-order chi connectivity index (χ0) is 53.8. The predicted molar refractivity (Wildman–Crippen MR) is 283 cm³/mol. The molecule has 8 heterocycles. The number of ether oxygens (including phenoxy) is 1. The number of aryl methyl sites for hydroxylation is 2. The van der Waals surface area contributed by atoms with Crippen LogP contribution in [-0.4, -0.2) is 93.5 Å². The number of aromatic nitrogens is 5. The third-order valence-corrected chi connectivity index (χ3v) is 16.2. The largest absolute Gasteiger partial charge is 0.476 e. The molecule has 1 saturated heterocycles. The Morgan fingerprint density at radius 2 is 1.84 bits per heavy atom. The number of amides is 3. The van der Waals surface area contributed by atoms with E-state index in [4.69, 9.17) is 14.3 Å². The maximum atomic E-state index is 15.6. The Hall–Kier alpha value is -7.59. The number of benzene rings is 2. The van der Waals surface area contributed by atoms with E-state index < -0.39 is 50.6 Å². The topological polar surface area (TPSA) is 227 Å². The second kappa shape index (κ2) is 20.5. The normalized spacial score (nSPS) is 17.7. The number of hydrogen-bond donors (Lipinski definition) is 3. The van der Waals surface area contributed by atoms with Crippen LogP contribution in [0, 0.1) is 24.5 Å². The van der Waals surface area contributed by atoms with Crippen molar-refractivity contribution in [2.75, 3.05) is 30.9 Å². The number of carbonyl (C=O) groups excluding carboxylic acids is 3. The molecule has 0 unspecified atom stereocenters. The van der Waals surface area contributed by atoms with Crippen LogP contribution < -0.4 is 25.8 Å². The van der Waals surface area contributed by atoms with Crippen LogP contribution in [0.3, 0.4) is 0 Å². The molecule has 10 rings (SSSR count). The van der Waals surface area contributed by atoms with Crippen molar-refractivity contribution >= 4 is 67.1 Å². The number of nitrogens with one attached hydrogen (secondary N) is 3. The molecule has 1 fully saturated rings. The van der Waals surface area contributed by atoms with Gasteiger partial charge in [-0.2, -0.15) is 0 Å². The number of unbranched alkanes of at least 4 members (excludes halogenated alkanes) is 2. The summed E-state index contributed by atoms with van der Waals surface area (Å²) in [5.41, 5.74) is 5.41. The summed E-state index contributed by atoms with van der Waals surface area (Å²) in [4.78, 5) is 76.0. The number of fused-ring (bicyclic) bond motifs is 2. The monoisotopic (exact) mass is 1070 g/mol. The van der Waals surface area contributed by atoms with Gasteiger partial charge in [-0.3, -0.25) is 19.2 Å². The minimum atomic E-state index is -3.69. The molecular formula is C54H56F2N10O8S2. The van der Waals surface area contributed by atoms with Crippen LogP contribution in [0.4, 0.5) is 20.3 Å². The van der Waals surface area contributed by atoms with Gasteiger partial charge in [0.05, 0.1) is 52.9 Å². The molecule has 3 N–H and O–H groups in total. The highest BCUT2D eigenvalue weighted by molar-refractivity contribution is 7.89. The number of halogens is 2. The number of aliphatic imine (C=N–C) groups is 1. The van der Waals surface area contributed by atoms with Crippen molar-refractivity contribution in [3.8, 4) is 27.4 Å². The van der Waals surface area contributed by atoms with E-state index in [-0.39, 0.29) is 71.3 Å². The molecule has 0 saturated carbocycles. The average molecular weight is 1080 g/mol. The second-order valence-electron chi connectivity index (χ2n) is 20.2. The Bertz CT molecular complexity index is 3640. The SMILES string of the molecule is Cc1ncsc1-c1ccc([C@@]2(C)N=C([C@H]3CCCN3C(=O)[C@H](c3cc(OCCCCCNC(=O)c4cc5c(cc4CS(C)(=O)=O)-c4cn(C)c(=O)c6[nH]cc(c46)CN5c4ncc(F)cc4F)no3)C(C)C)NC2=O)cc1. The predicted octanol–water partition coefficient (Wildman–Crippen LogP) is 7.98. The van der Waals surface area contributed by atoms with Gasteiger partial charge in [0.2, 0.25) is 5.91 Å². The molecule has 0 spiro atoms. The van der Waals surface area contributed by atoms with Gasteiger partial charge in [0.15, 0.2) is 32.8 Å². The number of aromatic amines is 1. The van der Waals surface area contributed by atoms with Crippen molar-refractivity contribution < 1.29 is 40.8 Å². The van der Waals surface area contributed by atoms with Gasteiger partial charge in [0.1, 0.15) is 23.1 Å². The summed E-state index contributed by atoms with van der Waals surface area (Å²) in [6.45, 7) is 8.56. The molecule has 5 aromatic heterocycles. The van der Waals surface area contributed by atoms with E-state index in [9.17, 15) is 32.0 Å². The molecule has 0 bridgehead atoms. The van der Waals surface area contributed by atoms with Gasteiger partial charge < -0.3 is 39.2 Å². The van der Waals surface area contributed by atoms with Crippen LogP contribution in [0.5, 0.6) is 5.88 Å². The molecule has 3 atom stereocenters. The molecule has 3 aliphatic heterocycles. The number of carbonyl (C=O) groups is 3. The molecule has 7 aromatic rings. The van der Waals surface area contributed by atoms with E-state index in [0.29, 0.717) is 77.7 Å². The minimum absolute atomic E-state index is 0.0206. The fourth-order valence-electron chi connectivity index (χ4n) is 10.5. The number of anilines is 2. The molecule has 22 heteroatoms. The van der Waals surface area contributed by atoms with Crippen molar-refractivity contribution in [1.82, 2.24) is 40.2 Å². The Morgan fingerprint density at radius 3 is 2.57 bits per heavy atom. The first-order chi connectivity index (χ1) is 36.3. The second-order valence-corrected chi connectivity index (χ2v) is 23.2. The van der Waals surface area contributed by atoms with E-state index in [0.717, 1.165) is 40.6 Å². The molecule has 3 amide bonds. The highest BCUT2D eigenvalue weighted by Gasteiger charge is 2.47. The third-order valence-electron chi connectivity index (χ3n) is 14.4. The molecule has 76 heavy (non-hydrogen) atoms. The van der Waals surface area contributed by atoms with Crippen molar-refractivity contribution in [1.29, 1.82) is 0 Å². The van der Waals surface area contributed by atoms with Crippen LogP contribution in [0.1, 0.15) is 97.3 Å². The number of sulfone groups is 1. The van der Waals surface area contributed by atoms with E-state index in [1.54, 1.807) is 54.7 Å². The van der Waals surface area contributed by atoms with Crippen molar-refractivity contribution in [3.05, 3.63) is 128 Å². The molecule has 3 aliphatic rings. The number of H-pyrrole nitrogens is 1. The smallest absolute Gasteiger partial charge is 0.274 e. The van der Waals surface area contributed by atoms with Crippen molar-refractivity contribution in [2.45, 2.75) is 89.6 Å². The summed E-state index contributed by atoms with van der Waals surface area (Å²) in [5, 5.41) is 10.6. The number of rotatable bonds is 17. The fraction of sp³-hybridized carbons (Fsp3) is 0.370. The highest BCUT2D eigenvalue weighted by Crippen LogP contribution is 2.45. The first-order valence-corrected chi connectivity index (χ1v) is 28.0. The first-order valence-electron chi connectivity index (χ1n) is 25.0. The molecule has 0 radical (unpaired) electrons. The highest BCUT2D eigenvalue weighted by atomic mass is 32.2. The minimum Gasteiger partial charge on any atom is -0.476 e. The molecular weight excluding hydrogens is 1020 g/mol. The van der Waals surface area contributed by atoms with E-state index in [1.807, 2.05) is 50.5 Å². The zero-order valence-electron chi connectivity index (χ0n) is 42.7. The lowest BCUT2D eigenvalue weighted by molar-refractivity contribution is -0.134. The van der Waals surface area contributed by atoms with E-state index in [1.165, 1.54) is 15.5 Å². The van der Waals surface area contributed by atoms with Gasteiger partial charge in [0, 0.05) is 73.0 Å². The molecule has 2 aromatic carbocycles. The van der Waals surface area contributed by atoms with E-state index in [2.05, 4.69) is 30.7 Å². The maximum Gasteiger partial charge on any atom is 0.274 e. The summed E-state index contributed by atoms with van der Waals surface area (Å²) in [7, 11) is -2.12. The Morgan fingerprint density at radius 1 is 1.05 bits per heavy atom. The van der Waals surface area contributed by atoms with Crippen LogP contribution in [0.15, 0.2) is 86.9 Å². The lowest BCUT2D eigenvalue weighted by Crippen LogP contribution is -2.48. The van der Waals surface area contributed by atoms with Crippen LogP contribution in [0.2, 0.25) is 0 Å². The van der Waals surface area contributed by atoms with Gasteiger partial charge in [-0.05, 0) is 91.4 Å². The number of amidine groups is 1.